The quantitative estimate of drug-likeness (QED) is 0.810. The summed E-state index contributed by atoms with van der Waals surface area (Å²) < 4.78 is 0. The molecule has 104 valence electrons. The van der Waals surface area contributed by atoms with Crippen molar-refractivity contribution in [3.8, 4) is 0 Å². The number of carbonyl (C=O) groups is 3. The molecule has 2 aliphatic heterocycles. The second-order valence-corrected chi connectivity index (χ2v) is 5.27. The largest absolute Gasteiger partial charge is 0.354 e. The van der Waals surface area contributed by atoms with Crippen LogP contribution in [0, 0.1) is 0 Å². The second kappa shape index (κ2) is 5.07. The predicted octanol–water partition coefficient (Wildman–Crippen LogP) is 0.808. The Kier molecular flexibility index (Phi) is 3.26. The number of piperidine rings is 1. The molecule has 3 rings (SSSR count). The van der Waals surface area contributed by atoms with Crippen LogP contribution in [0.5, 0.6) is 0 Å². The summed E-state index contributed by atoms with van der Waals surface area (Å²) in [6.07, 6.45) is 1.16. The lowest BCUT2D eigenvalue weighted by Gasteiger charge is -2.30. The van der Waals surface area contributed by atoms with Crippen molar-refractivity contribution in [1.29, 1.82) is 0 Å². The van der Waals surface area contributed by atoms with Crippen LogP contribution in [0.3, 0.4) is 0 Å². The van der Waals surface area contributed by atoms with Crippen molar-refractivity contribution in [2.75, 3.05) is 6.54 Å². The summed E-state index contributed by atoms with van der Waals surface area (Å²) >= 11 is 0. The van der Waals surface area contributed by atoms with E-state index in [1.54, 1.807) is 0 Å². The monoisotopic (exact) mass is 272 g/mol. The lowest BCUT2D eigenvalue weighted by atomic mass is 9.97. The standard InChI is InChI=1S/C15H16N2O3/c18-13-7-6-11(9-16-13)17-14(19)8-12(15(17)20)10-4-2-1-3-5-10/h1-5,11-12H,6-9H2,(H,16,18). The van der Waals surface area contributed by atoms with Crippen LogP contribution in [0.1, 0.15) is 30.7 Å². The molecule has 1 aromatic carbocycles. The van der Waals surface area contributed by atoms with E-state index in [2.05, 4.69) is 5.32 Å². The fraction of sp³-hybridized carbons (Fsp3) is 0.400. The summed E-state index contributed by atoms with van der Waals surface area (Å²) in [6, 6.07) is 9.19. The molecule has 3 amide bonds. The summed E-state index contributed by atoms with van der Waals surface area (Å²) in [5, 5.41) is 2.72. The number of hydrogen-bond donors (Lipinski definition) is 1. The third-order valence-corrected chi connectivity index (χ3v) is 3.99. The van der Waals surface area contributed by atoms with Crippen LogP contribution in [0.25, 0.3) is 0 Å². The summed E-state index contributed by atoms with van der Waals surface area (Å²) in [4.78, 5) is 37.2. The summed E-state index contributed by atoms with van der Waals surface area (Å²) in [5.74, 6) is -0.659. The van der Waals surface area contributed by atoms with Gasteiger partial charge in [-0.25, -0.2) is 0 Å². The molecule has 2 aliphatic rings. The molecule has 2 atom stereocenters. The zero-order chi connectivity index (χ0) is 14.1. The number of nitrogens with one attached hydrogen (secondary N) is 1. The van der Waals surface area contributed by atoms with E-state index in [1.165, 1.54) is 4.90 Å². The molecule has 2 fully saturated rings. The minimum atomic E-state index is -0.374. The molecule has 2 heterocycles. The number of amides is 3. The Hall–Kier alpha value is -2.17. The van der Waals surface area contributed by atoms with Gasteiger partial charge in [0.2, 0.25) is 17.7 Å². The Morgan fingerprint density at radius 3 is 2.50 bits per heavy atom. The van der Waals surface area contributed by atoms with Gasteiger partial charge in [0.1, 0.15) is 0 Å². The Bertz CT molecular complexity index is 545. The molecule has 2 saturated heterocycles. The van der Waals surface area contributed by atoms with Crippen LogP contribution in [0.4, 0.5) is 0 Å². The first-order valence-electron chi connectivity index (χ1n) is 6.84. The molecule has 0 aromatic heterocycles. The lowest BCUT2D eigenvalue weighted by Crippen LogP contribution is -2.50. The Morgan fingerprint density at radius 2 is 1.85 bits per heavy atom. The SMILES string of the molecule is O=C1CCC(N2C(=O)CC(c3ccccc3)C2=O)CN1. The number of imide groups is 1. The van der Waals surface area contributed by atoms with E-state index in [0.29, 0.717) is 19.4 Å². The molecule has 1 N–H and O–H groups in total. The van der Waals surface area contributed by atoms with Crippen molar-refractivity contribution in [2.24, 2.45) is 0 Å². The first-order valence-corrected chi connectivity index (χ1v) is 6.84. The van der Waals surface area contributed by atoms with Crippen LogP contribution in [0.15, 0.2) is 30.3 Å². The third kappa shape index (κ3) is 2.19. The van der Waals surface area contributed by atoms with Gasteiger partial charge >= 0.3 is 0 Å². The highest BCUT2D eigenvalue weighted by Gasteiger charge is 2.43. The molecule has 0 bridgehead atoms. The number of carbonyl (C=O) groups excluding carboxylic acids is 3. The van der Waals surface area contributed by atoms with Crippen molar-refractivity contribution in [3.05, 3.63) is 35.9 Å². The average Bonchev–Trinajstić information content (AvgIpc) is 2.76. The van der Waals surface area contributed by atoms with Gasteiger partial charge in [0.25, 0.3) is 0 Å². The molecule has 0 spiro atoms. The van der Waals surface area contributed by atoms with Crippen molar-refractivity contribution in [3.63, 3.8) is 0 Å². The van der Waals surface area contributed by atoms with Crippen LogP contribution in [0.2, 0.25) is 0 Å². The van der Waals surface area contributed by atoms with Crippen LogP contribution in [-0.2, 0) is 14.4 Å². The van der Waals surface area contributed by atoms with Gasteiger partial charge < -0.3 is 5.32 Å². The first-order chi connectivity index (χ1) is 9.66. The molecular formula is C15H16N2O3. The summed E-state index contributed by atoms with van der Waals surface area (Å²) in [6.45, 7) is 0.373. The molecule has 0 saturated carbocycles. The zero-order valence-corrected chi connectivity index (χ0v) is 11.0. The molecule has 2 unspecified atom stereocenters. The van der Waals surface area contributed by atoms with Crippen molar-refractivity contribution >= 4 is 17.7 Å². The van der Waals surface area contributed by atoms with E-state index in [1.807, 2.05) is 30.3 Å². The van der Waals surface area contributed by atoms with Crippen LogP contribution in [-0.4, -0.2) is 35.2 Å². The maximum atomic E-state index is 12.5. The normalized spacial score (nSPS) is 26.8. The fourth-order valence-electron chi connectivity index (χ4n) is 2.92. The predicted molar refractivity (Wildman–Crippen MR) is 71.7 cm³/mol. The van der Waals surface area contributed by atoms with E-state index >= 15 is 0 Å². The number of benzene rings is 1. The smallest absolute Gasteiger partial charge is 0.237 e. The number of rotatable bonds is 2. The van der Waals surface area contributed by atoms with Crippen molar-refractivity contribution in [1.82, 2.24) is 10.2 Å². The molecule has 0 aliphatic carbocycles. The molecule has 5 nitrogen and oxygen atoms in total. The maximum absolute atomic E-state index is 12.5. The minimum Gasteiger partial charge on any atom is -0.354 e. The topological polar surface area (TPSA) is 66.5 Å². The molecular weight excluding hydrogens is 256 g/mol. The molecule has 5 heteroatoms. The highest BCUT2D eigenvalue weighted by Crippen LogP contribution is 2.32. The minimum absolute atomic E-state index is 0.0139. The van der Waals surface area contributed by atoms with Gasteiger partial charge in [-0.2, -0.15) is 0 Å². The highest BCUT2D eigenvalue weighted by molar-refractivity contribution is 6.06. The van der Waals surface area contributed by atoms with Gasteiger partial charge in [-0.05, 0) is 12.0 Å². The Labute approximate surface area is 116 Å². The second-order valence-electron chi connectivity index (χ2n) is 5.27. The highest BCUT2D eigenvalue weighted by atomic mass is 16.2. The van der Waals surface area contributed by atoms with Crippen LogP contribution < -0.4 is 5.32 Å². The molecule has 20 heavy (non-hydrogen) atoms. The van der Waals surface area contributed by atoms with Crippen molar-refractivity contribution < 1.29 is 14.4 Å². The first kappa shape index (κ1) is 12.8. The number of likely N-dealkylation sites (tertiary alicyclic amines) is 1. The molecule has 1 aromatic rings. The van der Waals surface area contributed by atoms with E-state index in [4.69, 9.17) is 0 Å². The Balaban J connectivity index is 1.79. The van der Waals surface area contributed by atoms with E-state index < -0.39 is 0 Å². The molecule has 0 radical (unpaired) electrons. The van der Waals surface area contributed by atoms with Gasteiger partial charge in [-0.1, -0.05) is 30.3 Å². The Morgan fingerprint density at radius 1 is 1.10 bits per heavy atom. The van der Waals surface area contributed by atoms with Crippen molar-refractivity contribution in [2.45, 2.75) is 31.2 Å². The van der Waals surface area contributed by atoms with E-state index in [-0.39, 0.29) is 36.1 Å². The van der Waals surface area contributed by atoms with Gasteiger partial charge in [0, 0.05) is 19.4 Å². The fourth-order valence-corrected chi connectivity index (χ4v) is 2.92. The van der Waals surface area contributed by atoms with Gasteiger partial charge in [0.15, 0.2) is 0 Å². The number of nitrogens with zero attached hydrogens (tertiary/aromatic N) is 1. The lowest BCUT2D eigenvalue weighted by molar-refractivity contribution is -0.143. The van der Waals surface area contributed by atoms with E-state index in [0.717, 1.165) is 5.56 Å². The van der Waals surface area contributed by atoms with E-state index in [9.17, 15) is 14.4 Å². The van der Waals surface area contributed by atoms with Gasteiger partial charge in [0.05, 0.1) is 12.0 Å². The zero-order valence-electron chi connectivity index (χ0n) is 11.0. The van der Waals surface area contributed by atoms with Gasteiger partial charge in [-0.15, -0.1) is 0 Å². The maximum Gasteiger partial charge on any atom is 0.237 e. The van der Waals surface area contributed by atoms with Crippen LogP contribution >= 0.6 is 0 Å². The number of hydrogen-bond acceptors (Lipinski definition) is 3. The van der Waals surface area contributed by atoms with Gasteiger partial charge in [-0.3, -0.25) is 19.3 Å². The third-order valence-electron chi connectivity index (χ3n) is 3.99. The summed E-state index contributed by atoms with van der Waals surface area (Å²) in [5.41, 5.74) is 0.883. The average molecular weight is 272 g/mol. The summed E-state index contributed by atoms with van der Waals surface area (Å²) in [7, 11) is 0.